The molecule has 1 aromatic rings. The maximum absolute atomic E-state index is 13.0. The molecule has 1 aliphatic carbocycles. The normalized spacial score (nSPS) is 33.3. The van der Waals surface area contributed by atoms with Crippen molar-refractivity contribution in [2.75, 3.05) is 18.0 Å². The van der Waals surface area contributed by atoms with Gasteiger partial charge in [-0.05, 0) is 43.4 Å². The van der Waals surface area contributed by atoms with Crippen LogP contribution in [0.25, 0.3) is 0 Å². The molecular weight excluding hydrogens is 366 g/mol. The second-order valence-corrected chi connectivity index (χ2v) is 8.82. The highest BCUT2D eigenvalue weighted by atomic mass is 16.2. The minimum Gasteiger partial charge on any atom is -0.323 e. The van der Waals surface area contributed by atoms with Crippen molar-refractivity contribution in [2.45, 2.75) is 50.4 Å². The number of piperidine rings is 1. The molecule has 0 N–H and O–H groups in total. The predicted molar refractivity (Wildman–Crippen MR) is 104 cm³/mol. The molecule has 1 aromatic carbocycles. The first kappa shape index (κ1) is 18.1. The smallest absolute Gasteiger partial charge is 0.244 e. The third-order valence-corrected chi connectivity index (χ3v) is 6.96. The maximum atomic E-state index is 13.0. The first-order valence-electron chi connectivity index (χ1n) is 10.3. The second kappa shape index (κ2) is 6.57. The number of benzene rings is 1. The van der Waals surface area contributed by atoms with Crippen LogP contribution in [-0.2, 0) is 9.59 Å². The lowest BCUT2D eigenvalue weighted by Crippen LogP contribution is -2.53. The summed E-state index contributed by atoms with van der Waals surface area (Å²) in [6.45, 7) is 3.19. The van der Waals surface area contributed by atoms with E-state index in [1.54, 1.807) is 18.2 Å². The lowest BCUT2D eigenvalue weighted by Gasteiger charge is -2.35. The Morgan fingerprint density at radius 3 is 2.83 bits per heavy atom. The Labute approximate surface area is 170 Å². The molecule has 3 aliphatic heterocycles. The number of piperazine rings is 1. The second-order valence-electron chi connectivity index (χ2n) is 8.82. The van der Waals surface area contributed by atoms with Gasteiger partial charge in [-0.1, -0.05) is 13.0 Å². The van der Waals surface area contributed by atoms with E-state index in [4.69, 9.17) is 5.26 Å². The van der Waals surface area contributed by atoms with Gasteiger partial charge < -0.3 is 9.80 Å². The molecule has 3 saturated heterocycles. The zero-order valence-corrected chi connectivity index (χ0v) is 16.4. The molecule has 0 radical (unpaired) electrons. The fourth-order valence-corrected chi connectivity index (χ4v) is 5.50. The number of anilines is 1. The Bertz CT molecular complexity index is 963. The number of nitrogens with zero attached hydrogens (tertiary/aromatic N) is 5. The van der Waals surface area contributed by atoms with Gasteiger partial charge in [-0.2, -0.15) is 10.5 Å². The molecule has 148 valence electrons. The minimum absolute atomic E-state index is 0.0503. The zero-order chi connectivity index (χ0) is 20.3. The molecule has 3 heterocycles. The van der Waals surface area contributed by atoms with Gasteiger partial charge in [0.05, 0.1) is 29.8 Å². The molecule has 7 heteroatoms. The van der Waals surface area contributed by atoms with Gasteiger partial charge >= 0.3 is 0 Å². The molecule has 2 amide bonds. The Morgan fingerprint density at radius 1 is 1.28 bits per heavy atom. The van der Waals surface area contributed by atoms with Crippen molar-refractivity contribution in [3.05, 3.63) is 29.8 Å². The van der Waals surface area contributed by atoms with Gasteiger partial charge in [-0.15, -0.1) is 0 Å². The van der Waals surface area contributed by atoms with Crippen molar-refractivity contribution in [1.29, 1.82) is 10.5 Å². The van der Waals surface area contributed by atoms with Gasteiger partial charge in [0.2, 0.25) is 11.8 Å². The highest BCUT2D eigenvalue weighted by Gasteiger charge is 2.55. The van der Waals surface area contributed by atoms with Crippen LogP contribution >= 0.6 is 0 Å². The lowest BCUT2D eigenvalue weighted by molar-refractivity contribution is -0.137. The fraction of sp³-hybridized carbons (Fsp3) is 0.545. The van der Waals surface area contributed by atoms with E-state index in [0.29, 0.717) is 18.0 Å². The number of amides is 2. The fourth-order valence-electron chi connectivity index (χ4n) is 5.50. The molecule has 7 nitrogen and oxygen atoms in total. The van der Waals surface area contributed by atoms with Gasteiger partial charge in [0, 0.05) is 30.7 Å². The van der Waals surface area contributed by atoms with Crippen LogP contribution in [0, 0.1) is 34.5 Å². The van der Waals surface area contributed by atoms with Crippen LogP contribution in [0.1, 0.15) is 31.7 Å². The van der Waals surface area contributed by atoms with Crippen molar-refractivity contribution in [3.8, 4) is 12.1 Å². The first-order valence-corrected chi connectivity index (χ1v) is 10.3. The SMILES string of the molecule is C[C@@H](CN1C[C@H]2C[C@@H]1C(=O)N2c1cccc(C#N)c1)C(=O)N1C2C[C@H]2C[C@H]1C#N. The number of carbonyl (C=O) groups excluding carboxylic acids is 2. The van der Waals surface area contributed by atoms with Gasteiger partial charge in [-0.3, -0.25) is 14.5 Å². The van der Waals surface area contributed by atoms with Crippen molar-refractivity contribution in [2.24, 2.45) is 11.8 Å². The molecule has 4 fully saturated rings. The number of hydrogen-bond acceptors (Lipinski definition) is 5. The number of likely N-dealkylation sites (tertiary alicyclic amines) is 2. The van der Waals surface area contributed by atoms with Crippen LogP contribution in [0.15, 0.2) is 24.3 Å². The molecule has 29 heavy (non-hydrogen) atoms. The van der Waals surface area contributed by atoms with Gasteiger partial charge in [0.25, 0.3) is 0 Å². The minimum atomic E-state index is -0.284. The average Bonchev–Trinajstić information content (AvgIpc) is 3.07. The zero-order valence-electron chi connectivity index (χ0n) is 16.4. The third-order valence-electron chi connectivity index (χ3n) is 6.96. The van der Waals surface area contributed by atoms with Gasteiger partial charge in [0.15, 0.2) is 0 Å². The summed E-state index contributed by atoms with van der Waals surface area (Å²) < 4.78 is 0. The van der Waals surface area contributed by atoms with Crippen molar-refractivity contribution in [3.63, 3.8) is 0 Å². The summed E-state index contributed by atoms with van der Waals surface area (Å²) in [7, 11) is 0. The van der Waals surface area contributed by atoms with E-state index in [1.807, 2.05) is 22.8 Å². The third kappa shape index (κ3) is 2.81. The number of nitriles is 2. The van der Waals surface area contributed by atoms with Crippen LogP contribution in [-0.4, -0.2) is 58.9 Å². The summed E-state index contributed by atoms with van der Waals surface area (Å²) in [5.41, 5.74) is 1.32. The molecule has 4 aliphatic rings. The van der Waals surface area contributed by atoms with Gasteiger partial charge in [0.1, 0.15) is 6.04 Å². The van der Waals surface area contributed by atoms with E-state index in [1.165, 1.54) is 0 Å². The van der Waals surface area contributed by atoms with E-state index in [-0.39, 0.29) is 41.9 Å². The lowest BCUT2D eigenvalue weighted by atomic mass is 10.1. The van der Waals surface area contributed by atoms with Crippen LogP contribution < -0.4 is 4.90 Å². The molecule has 6 atom stereocenters. The standard InChI is InChI=1S/C22H23N5O2/c1-13(21(28)27-17(10-24)6-15-7-19(15)27)11-25-12-18-8-20(25)22(29)26(18)16-4-2-3-14(5-16)9-23/h2-5,13,15,17-20H,6-8,11-12H2,1H3/t13-,15+,17-,18+,19?,20+/m0/s1. The number of carbonyl (C=O) groups is 2. The summed E-state index contributed by atoms with van der Waals surface area (Å²) in [5.74, 6) is 0.385. The monoisotopic (exact) mass is 389 g/mol. The van der Waals surface area contributed by atoms with Gasteiger partial charge in [-0.25, -0.2) is 0 Å². The molecule has 1 unspecified atom stereocenters. The number of hydrogen-bond donors (Lipinski definition) is 0. The summed E-state index contributed by atoms with van der Waals surface area (Å²) in [6, 6.07) is 11.4. The van der Waals surface area contributed by atoms with Crippen LogP contribution in [0.3, 0.4) is 0 Å². The van der Waals surface area contributed by atoms with Crippen molar-refractivity contribution < 1.29 is 9.59 Å². The Balaban J connectivity index is 1.26. The van der Waals surface area contributed by atoms with E-state index in [0.717, 1.165) is 31.5 Å². The van der Waals surface area contributed by atoms with E-state index < -0.39 is 0 Å². The quantitative estimate of drug-likeness (QED) is 0.778. The summed E-state index contributed by atoms with van der Waals surface area (Å²) in [4.78, 5) is 31.8. The highest BCUT2D eigenvalue weighted by molar-refractivity contribution is 6.01. The van der Waals surface area contributed by atoms with E-state index in [2.05, 4.69) is 17.0 Å². The largest absolute Gasteiger partial charge is 0.323 e. The van der Waals surface area contributed by atoms with Crippen LogP contribution in [0.4, 0.5) is 5.69 Å². The maximum Gasteiger partial charge on any atom is 0.244 e. The van der Waals surface area contributed by atoms with Crippen LogP contribution in [0.2, 0.25) is 0 Å². The van der Waals surface area contributed by atoms with E-state index in [9.17, 15) is 14.9 Å². The molecular formula is C22H23N5O2. The molecule has 5 rings (SSSR count). The molecule has 2 bridgehead atoms. The summed E-state index contributed by atoms with van der Waals surface area (Å²) in [5, 5.41) is 18.5. The Morgan fingerprint density at radius 2 is 2.10 bits per heavy atom. The predicted octanol–water partition coefficient (Wildman–Crippen LogP) is 1.50. The van der Waals surface area contributed by atoms with E-state index >= 15 is 0 Å². The first-order chi connectivity index (χ1) is 14.0. The van der Waals surface area contributed by atoms with Crippen molar-refractivity contribution >= 4 is 17.5 Å². The number of rotatable bonds is 4. The molecule has 0 aromatic heterocycles. The topological polar surface area (TPSA) is 91.4 Å². The summed E-state index contributed by atoms with van der Waals surface area (Å²) >= 11 is 0. The Hall–Kier alpha value is -2.90. The van der Waals surface area contributed by atoms with Crippen LogP contribution in [0.5, 0.6) is 0 Å². The molecule has 1 saturated carbocycles. The highest BCUT2D eigenvalue weighted by Crippen LogP contribution is 2.48. The number of fused-ring (bicyclic) bond motifs is 3. The average molecular weight is 389 g/mol. The molecule has 0 spiro atoms. The van der Waals surface area contributed by atoms with Crippen molar-refractivity contribution in [1.82, 2.24) is 9.80 Å². The summed E-state index contributed by atoms with van der Waals surface area (Å²) in [6.07, 6.45) is 2.59. The Kier molecular flexibility index (Phi) is 4.11.